The molecule has 4 nitrogen and oxygen atoms in total. The summed E-state index contributed by atoms with van der Waals surface area (Å²) in [5, 5.41) is 15.3. The average molecular weight is 326 g/mol. The van der Waals surface area contributed by atoms with Crippen LogP contribution in [0, 0.1) is 0 Å². The van der Waals surface area contributed by atoms with Gasteiger partial charge in [0.25, 0.3) is 0 Å². The zero-order chi connectivity index (χ0) is 17.1. The number of nitrogens with one attached hydrogen (secondary N) is 1. The third-order valence-electron chi connectivity index (χ3n) is 4.99. The van der Waals surface area contributed by atoms with Crippen molar-refractivity contribution in [3.8, 4) is 0 Å². The number of carbonyl (C=O) groups is 1. The fourth-order valence-electron chi connectivity index (χ4n) is 3.40. The van der Waals surface area contributed by atoms with E-state index < -0.39 is 0 Å². The van der Waals surface area contributed by atoms with Gasteiger partial charge in [-0.05, 0) is 55.6 Å². The number of piperidine rings is 1. The average Bonchev–Trinajstić information content (AvgIpc) is 2.60. The number of β-amino-alcohol motifs (C(OH)–C–C–N with tert-alkyl or cyclic N) is 1. The minimum Gasteiger partial charge on any atom is -0.392 e. The number of aliphatic hydroxyl groups excluding tert-OH is 1. The summed E-state index contributed by atoms with van der Waals surface area (Å²) in [7, 11) is 0. The first-order valence-corrected chi connectivity index (χ1v) is 8.76. The molecule has 2 N–H and O–H groups in total. The van der Waals surface area contributed by atoms with Gasteiger partial charge in [-0.15, -0.1) is 0 Å². The molecule has 3 rings (SSSR count). The van der Waals surface area contributed by atoms with E-state index in [-0.39, 0.29) is 24.1 Å². The summed E-state index contributed by atoms with van der Waals surface area (Å²) < 4.78 is 0. The van der Waals surface area contributed by atoms with Crippen molar-refractivity contribution in [1.82, 2.24) is 10.2 Å². The molecule has 2 aromatic carbocycles. The van der Waals surface area contributed by atoms with E-state index in [0.717, 1.165) is 24.9 Å². The lowest BCUT2D eigenvalue weighted by atomic mass is 10.0. The first kappa shape index (κ1) is 16.9. The van der Waals surface area contributed by atoms with Crippen molar-refractivity contribution in [3.05, 3.63) is 48.0 Å². The lowest BCUT2D eigenvalue weighted by molar-refractivity contribution is -0.127. The van der Waals surface area contributed by atoms with Crippen LogP contribution in [0.1, 0.15) is 38.3 Å². The summed E-state index contributed by atoms with van der Waals surface area (Å²) in [6.07, 6.45) is 1.46. The summed E-state index contributed by atoms with van der Waals surface area (Å²) in [5.74, 6) is 0.0183. The van der Waals surface area contributed by atoms with Crippen LogP contribution in [0.3, 0.4) is 0 Å². The number of fused-ring (bicyclic) bond motifs is 1. The number of hydrogen-bond donors (Lipinski definition) is 2. The molecule has 3 atom stereocenters. The van der Waals surface area contributed by atoms with Crippen molar-refractivity contribution in [2.24, 2.45) is 0 Å². The number of nitrogens with zero attached hydrogens (tertiary/aromatic N) is 1. The van der Waals surface area contributed by atoms with Crippen molar-refractivity contribution < 1.29 is 9.90 Å². The van der Waals surface area contributed by atoms with Gasteiger partial charge in [-0.2, -0.15) is 0 Å². The molecule has 1 amide bonds. The maximum absolute atomic E-state index is 12.6. The van der Waals surface area contributed by atoms with Crippen LogP contribution in [-0.4, -0.2) is 41.1 Å². The van der Waals surface area contributed by atoms with Crippen LogP contribution in [0.15, 0.2) is 42.5 Å². The SMILES string of the molecule is CC(NC(=O)C(C)N1CCCC(O)C1)c1ccc2ccccc2c1. The summed E-state index contributed by atoms with van der Waals surface area (Å²) in [6.45, 7) is 5.38. The molecule has 128 valence electrons. The second-order valence-corrected chi connectivity index (χ2v) is 6.80. The van der Waals surface area contributed by atoms with Gasteiger partial charge in [0.05, 0.1) is 18.2 Å². The molecule has 3 unspecified atom stereocenters. The summed E-state index contributed by atoms with van der Waals surface area (Å²) in [5.41, 5.74) is 1.10. The number of benzene rings is 2. The Bertz CT molecular complexity index is 716. The topological polar surface area (TPSA) is 52.6 Å². The number of hydrogen-bond acceptors (Lipinski definition) is 3. The molecule has 2 aromatic rings. The first-order valence-electron chi connectivity index (χ1n) is 8.76. The monoisotopic (exact) mass is 326 g/mol. The Morgan fingerprint density at radius 1 is 1.21 bits per heavy atom. The summed E-state index contributed by atoms with van der Waals surface area (Å²) in [6, 6.07) is 14.3. The molecule has 1 aliphatic rings. The Balaban J connectivity index is 1.66. The molecule has 0 aromatic heterocycles. The molecule has 1 fully saturated rings. The fraction of sp³-hybridized carbons (Fsp3) is 0.450. The van der Waals surface area contributed by atoms with Gasteiger partial charge >= 0.3 is 0 Å². The molecule has 0 radical (unpaired) electrons. The van der Waals surface area contributed by atoms with Crippen molar-refractivity contribution in [2.45, 2.75) is 44.9 Å². The predicted octanol–water partition coefficient (Wildman–Crippen LogP) is 2.86. The molecule has 1 aliphatic heterocycles. The predicted molar refractivity (Wildman–Crippen MR) is 96.8 cm³/mol. The molecule has 1 saturated heterocycles. The van der Waals surface area contributed by atoms with E-state index in [9.17, 15) is 9.90 Å². The standard InChI is InChI=1S/C20H26N2O2/c1-14(17-10-9-16-6-3-4-7-18(16)12-17)21-20(24)15(2)22-11-5-8-19(23)13-22/h3-4,6-7,9-10,12,14-15,19,23H,5,8,11,13H2,1-2H3,(H,21,24). The van der Waals surface area contributed by atoms with Crippen molar-refractivity contribution >= 4 is 16.7 Å². The van der Waals surface area contributed by atoms with Gasteiger partial charge in [-0.25, -0.2) is 0 Å². The van der Waals surface area contributed by atoms with Gasteiger partial charge in [0, 0.05) is 6.54 Å². The van der Waals surface area contributed by atoms with Crippen molar-refractivity contribution in [2.75, 3.05) is 13.1 Å². The van der Waals surface area contributed by atoms with Crippen LogP contribution in [0.5, 0.6) is 0 Å². The molecule has 0 aliphatic carbocycles. The van der Waals surface area contributed by atoms with Gasteiger partial charge in [0.1, 0.15) is 0 Å². The zero-order valence-corrected chi connectivity index (χ0v) is 14.4. The van der Waals surface area contributed by atoms with Gasteiger partial charge < -0.3 is 10.4 Å². The van der Waals surface area contributed by atoms with Crippen molar-refractivity contribution in [1.29, 1.82) is 0 Å². The van der Waals surface area contributed by atoms with Gasteiger partial charge in [0.15, 0.2) is 0 Å². The Kier molecular flexibility index (Phi) is 5.17. The second kappa shape index (κ2) is 7.32. The normalized spacial score (nSPS) is 21.4. The Morgan fingerprint density at radius 3 is 2.71 bits per heavy atom. The van der Waals surface area contributed by atoms with Crippen LogP contribution >= 0.6 is 0 Å². The third kappa shape index (κ3) is 3.77. The maximum atomic E-state index is 12.6. The molecule has 0 saturated carbocycles. The van der Waals surface area contributed by atoms with Crippen LogP contribution < -0.4 is 5.32 Å². The summed E-state index contributed by atoms with van der Waals surface area (Å²) >= 11 is 0. The van der Waals surface area contributed by atoms with Gasteiger partial charge in [-0.3, -0.25) is 9.69 Å². The molecule has 4 heteroatoms. The quantitative estimate of drug-likeness (QED) is 0.908. The molecule has 24 heavy (non-hydrogen) atoms. The first-order chi connectivity index (χ1) is 11.5. The Labute approximate surface area is 143 Å². The molecular weight excluding hydrogens is 300 g/mol. The van der Waals surface area contributed by atoms with Gasteiger partial charge in [-0.1, -0.05) is 36.4 Å². The molecule has 0 spiro atoms. The maximum Gasteiger partial charge on any atom is 0.237 e. The van der Waals surface area contributed by atoms with Crippen LogP contribution in [0.25, 0.3) is 10.8 Å². The molecular formula is C20H26N2O2. The number of aliphatic hydroxyl groups is 1. The van der Waals surface area contributed by atoms with E-state index in [4.69, 9.17) is 0 Å². The van der Waals surface area contributed by atoms with E-state index >= 15 is 0 Å². The minimum absolute atomic E-state index is 0.0183. The minimum atomic E-state index is -0.313. The molecule has 0 bridgehead atoms. The number of carbonyl (C=O) groups excluding carboxylic acids is 1. The van der Waals surface area contributed by atoms with Crippen molar-refractivity contribution in [3.63, 3.8) is 0 Å². The van der Waals surface area contributed by atoms with Crippen LogP contribution in [0.2, 0.25) is 0 Å². The van der Waals surface area contributed by atoms with E-state index in [1.54, 1.807) is 0 Å². The van der Waals surface area contributed by atoms with E-state index in [1.807, 2.05) is 26.0 Å². The zero-order valence-electron chi connectivity index (χ0n) is 14.4. The van der Waals surface area contributed by atoms with Crippen LogP contribution in [0.4, 0.5) is 0 Å². The highest BCUT2D eigenvalue weighted by Crippen LogP contribution is 2.21. The van der Waals surface area contributed by atoms with E-state index in [0.29, 0.717) is 6.54 Å². The Morgan fingerprint density at radius 2 is 1.96 bits per heavy atom. The number of rotatable bonds is 4. The number of amides is 1. The largest absolute Gasteiger partial charge is 0.392 e. The Hall–Kier alpha value is -1.91. The third-order valence-corrected chi connectivity index (χ3v) is 4.99. The van der Waals surface area contributed by atoms with Gasteiger partial charge in [0.2, 0.25) is 5.91 Å². The lowest BCUT2D eigenvalue weighted by Crippen LogP contribution is -2.50. The van der Waals surface area contributed by atoms with E-state index in [1.165, 1.54) is 10.8 Å². The van der Waals surface area contributed by atoms with Crippen LogP contribution in [-0.2, 0) is 4.79 Å². The number of likely N-dealkylation sites (tertiary alicyclic amines) is 1. The lowest BCUT2D eigenvalue weighted by Gasteiger charge is -2.34. The highest BCUT2D eigenvalue weighted by Gasteiger charge is 2.27. The fourth-order valence-corrected chi connectivity index (χ4v) is 3.40. The smallest absolute Gasteiger partial charge is 0.237 e. The van der Waals surface area contributed by atoms with E-state index in [2.05, 4.69) is 40.5 Å². The highest BCUT2D eigenvalue weighted by atomic mass is 16.3. The molecule has 1 heterocycles. The second-order valence-electron chi connectivity index (χ2n) is 6.80. The highest BCUT2D eigenvalue weighted by molar-refractivity contribution is 5.84. The summed E-state index contributed by atoms with van der Waals surface area (Å²) in [4.78, 5) is 14.6.